The van der Waals surface area contributed by atoms with Gasteiger partial charge in [0, 0.05) is 16.8 Å². The number of urea groups is 1. The van der Waals surface area contributed by atoms with E-state index in [-0.39, 0.29) is 17.9 Å². The first-order valence-electron chi connectivity index (χ1n) is 12.2. The average Bonchev–Trinajstić information content (AvgIpc) is 2.86. The van der Waals surface area contributed by atoms with Crippen molar-refractivity contribution < 1.29 is 4.79 Å². The van der Waals surface area contributed by atoms with Crippen molar-refractivity contribution in [1.29, 1.82) is 0 Å². The zero-order chi connectivity index (χ0) is 25.8. The first-order valence-corrected chi connectivity index (χ1v) is 12.5. The highest BCUT2D eigenvalue weighted by Crippen LogP contribution is 2.36. The van der Waals surface area contributed by atoms with Gasteiger partial charge in [0.25, 0.3) is 0 Å². The summed E-state index contributed by atoms with van der Waals surface area (Å²) >= 11 is 6.57. The number of carbonyl (C=O) groups excluding carboxylic acids is 1. The Balaban J connectivity index is 1.77. The minimum absolute atomic E-state index is 0.257. The third-order valence-corrected chi connectivity index (χ3v) is 6.43. The summed E-state index contributed by atoms with van der Waals surface area (Å²) in [7, 11) is 0. The summed E-state index contributed by atoms with van der Waals surface area (Å²) in [5.41, 5.74) is 6.38. The topological polar surface area (TPSA) is 66.9 Å². The zero-order valence-electron chi connectivity index (χ0n) is 21.3. The maximum atomic E-state index is 13.4. The Morgan fingerprint density at radius 2 is 1.33 bits per heavy atom. The van der Waals surface area contributed by atoms with Crippen LogP contribution in [-0.2, 0) is 0 Å². The van der Waals surface area contributed by atoms with E-state index in [0.29, 0.717) is 27.9 Å². The fourth-order valence-electron chi connectivity index (χ4n) is 4.24. The van der Waals surface area contributed by atoms with Gasteiger partial charge < -0.3 is 10.6 Å². The molecule has 0 spiro atoms. The van der Waals surface area contributed by atoms with Crippen LogP contribution in [0.2, 0.25) is 5.02 Å². The van der Waals surface area contributed by atoms with Gasteiger partial charge in [0.05, 0.1) is 22.1 Å². The molecule has 0 fully saturated rings. The van der Waals surface area contributed by atoms with E-state index in [9.17, 15) is 4.79 Å². The average molecular weight is 499 g/mol. The van der Waals surface area contributed by atoms with Crippen molar-refractivity contribution in [2.45, 2.75) is 46.5 Å². The first-order chi connectivity index (χ1) is 17.3. The maximum Gasteiger partial charge on any atom is 0.323 e. The van der Waals surface area contributed by atoms with Gasteiger partial charge in [-0.2, -0.15) is 0 Å². The van der Waals surface area contributed by atoms with Crippen LogP contribution >= 0.6 is 11.6 Å². The van der Waals surface area contributed by atoms with Gasteiger partial charge in [-0.1, -0.05) is 106 Å². The molecule has 2 N–H and O–H groups in total. The SMILES string of the molecule is Cc1nc(-c2ccccc2)nc(-c2ccccc2Cl)c1NC(=O)Nc1c(C(C)C)cccc1C(C)C. The van der Waals surface area contributed by atoms with Crippen molar-refractivity contribution in [1.82, 2.24) is 9.97 Å². The smallest absolute Gasteiger partial charge is 0.307 e. The molecule has 0 bridgehead atoms. The number of carbonyl (C=O) groups is 1. The molecule has 0 atom stereocenters. The van der Waals surface area contributed by atoms with Gasteiger partial charge in [-0.3, -0.25) is 0 Å². The first kappa shape index (κ1) is 25.4. The number of nitrogens with one attached hydrogen (secondary N) is 2. The monoisotopic (exact) mass is 498 g/mol. The fraction of sp³-hybridized carbons (Fsp3) is 0.233. The van der Waals surface area contributed by atoms with E-state index in [1.807, 2.05) is 67.6 Å². The number of nitrogens with zero attached hydrogens (tertiary/aromatic N) is 2. The van der Waals surface area contributed by atoms with Gasteiger partial charge in [-0.25, -0.2) is 14.8 Å². The number of aryl methyl sites for hydroxylation is 1. The molecule has 4 aromatic rings. The molecule has 0 saturated carbocycles. The second-order valence-electron chi connectivity index (χ2n) is 9.40. The van der Waals surface area contributed by atoms with Crippen LogP contribution in [0.3, 0.4) is 0 Å². The lowest BCUT2D eigenvalue weighted by molar-refractivity contribution is 0.262. The summed E-state index contributed by atoms with van der Waals surface area (Å²) in [5, 5.41) is 6.70. The molecule has 6 heteroatoms. The molecule has 0 unspecified atom stereocenters. The van der Waals surface area contributed by atoms with E-state index in [2.05, 4.69) is 50.5 Å². The lowest BCUT2D eigenvalue weighted by Crippen LogP contribution is -2.23. The Kier molecular flexibility index (Phi) is 7.70. The Bertz CT molecular complexity index is 1360. The van der Waals surface area contributed by atoms with Crippen molar-refractivity contribution >= 4 is 29.0 Å². The highest BCUT2D eigenvalue weighted by molar-refractivity contribution is 6.33. The van der Waals surface area contributed by atoms with Crippen LogP contribution in [-0.4, -0.2) is 16.0 Å². The number of hydrogen-bond donors (Lipinski definition) is 2. The summed E-state index contributed by atoms with van der Waals surface area (Å²) in [6.45, 7) is 10.4. The Morgan fingerprint density at radius 3 is 1.94 bits per heavy atom. The van der Waals surface area contributed by atoms with Gasteiger partial charge in [0.2, 0.25) is 0 Å². The quantitative estimate of drug-likeness (QED) is 0.279. The minimum atomic E-state index is -0.350. The second-order valence-corrected chi connectivity index (χ2v) is 9.81. The maximum absolute atomic E-state index is 13.4. The second kappa shape index (κ2) is 10.9. The predicted molar refractivity (Wildman–Crippen MR) is 150 cm³/mol. The predicted octanol–water partition coefficient (Wildman–Crippen LogP) is 8.66. The highest BCUT2D eigenvalue weighted by atomic mass is 35.5. The molecule has 1 heterocycles. The van der Waals surface area contributed by atoms with E-state index in [4.69, 9.17) is 21.6 Å². The summed E-state index contributed by atoms with van der Waals surface area (Å²) < 4.78 is 0. The number of halogens is 1. The molecule has 4 rings (SSSR count). The van der Waals surface area contributed by atoms with E-state index in [1.54, 1.807) is 0 Å². The number of benzene rings is 3. The van der Waals surface area contributed by atoms with Crippen molar-refractivity contribution in [2.24, 2.45) is 0 Å². The van der Waals surface area contributed by atoms with Gasteiger partial charge >= 0.3 is 6.03 Å². The van der Waals surface area contributed by atoms with Crippen LogP contribution in [0, 0.1) is 6.92 Å². The molecule has 0 saturated heterocycles. The van der Waals surface area contributed by atoms with Crippen LogP contribution in [0.1, 0.15) is 56.4 Å². The number of aromatic nitrogens is 2. The van der Waals surface area contributed by atoms with Crippen LogP contribution in [0.15, 0.2) is 72.8 Å². The number of rotatable bonds is 6. The Hall–Kier alpha value is -3.70. The summed E-state index contributed by atoms with van der Waals surface area (Å²) in [5.74, 6) is 1.09. The number of amides is 2. The van der Waals surface area contributed by atoms with E-state index in [1.165, 1.54) is 0 Å². The molecule has 5 nitrogen and oxygen atoms in total. The van der Waals surface area contributed by atoms with E-state index < -0.39 is 0 Å². The number of anilines is 2. The third-order valence-electron chi connectivity index (χ3n) is 6.10. The summed E-state index contributed by atoms with van der Waals surface area (Å²) in [6.07, 6.45) is 0. The summed E-state index contributed by atoms with van der Waals surface area (Å²) in [6, 6.07) is 23.1. The van der Waals surface area contributed by atoms with Crippen molar-refractivity contribution in [3.8, 4) is 22.6 Å². The van der Waals surface area contributed by atoms with Crippen molar-refractivity contribution in [3.63, 3.8) is 0 Å². The molecule has 1 aromatic heterocycles. The van der Waals surface area contributed by atoms with Gasteiger partial charge in [0.15, 0.2) is 5.82 Å². The van der Waals surface area contributed by atoms with Gasteiger partial charge in [-0.05, 0) is 36.0 Å². The van der Waals surface area contributed by atoms with Crippen LogP contribution in [0.25, 0.3) is 22.6 Å². The molecule has 0 radical (unpaired) electrons. The zero-order valence-corrected chi connectivity index (χ0v) is 22.0. The van der Waals surface area contributed by atoms with E-state index >= 15 is 0 Å². The third kappa shape index (κ3) is 5.42. The molecule has 0 aliphatic rings. The van der Waals surface area contributed by atoms with Crippen LogP contribution in [0.5, 0.6) is 0 Å². The number of hydrogen-bond acceptors (Lipinski definition) is 3. The Morgan fingerprint density at radius 1 is 0.750 bits per heavy atom. The molecular weight excluding hydrogens is 468 g/mol. The molecule has 184 valence electrons. The summed E-state index contributed by atoms with van der Waals surface area (Å²) in [4.78, 5) is 23.0. The Labute approximate surface area is 218 Å². The normalized spacial score (nSPS) is 11.1. The molecule has 0 aliphatic carbocycles. The van der Waals surface area contributed by atoms with Crippen molar-refractivity contribution in [3.05, 3.63) is 94.6 Å². The van der Waals surface area contributed by atoms with Crippen LogP contribution < -0.4 is 10.6 Å². The lowest BCUT2D eigenvalue weighted by atomic mass is 9.93. The van der Waals surface area contributed by atoms with Gasteiger partial charge in [-0.15, -0.1) is 0 Å². The van der Waals surface area contributed by atoms with E-state index in [0.717, 1.165) is 27.9 Å². The minimum Gasteiger partial charge on any atom is -0.307 e. The number of para-hydroxylation sites is 1. The standard InChI is InChI=1S/C30H31ClN4O/c1-18(2)22-15-11-16-23(19(3)4)27(22)35-30(36)34-26-20(5)32-29(21-12-7-6-8-13-21)33-28(26)24-14-9-10-17-25(24)31/h6-19H,1-5H3,(H2,34,35,36). The van der Waals surface area contributed by atoms with Gasteiger partial charge in [0.1, 0.15) is 0 Å². The molecular formula is C30H31ClN4O. The highest BCUT2D eigenvalue weighted by Gasteiger charge is 2.21. The molecule has 0 aliphatic heterocycles. The largest absolute Gasteiger partial charge is 0.323 e. The molecule has 36 heavy (non-hydrogen) atoms. The van der Waals surface area contributed by atoms with Crippen LogP contribution in [0.4, 0.5) is 16.2 Å². The molecule has 3 aromatic carbocycles. The fourth-order valence-corrected chi connectivity index (χ4v) is 4.47. The molecule has 2 amide bonds. The van der Waals surface area contributed by atoms with Crippen molar-refractivity contribution in [2.75, 3.05) is 10.6 Å². The lowest BCUT2D eigenvalue weighted by Gasteiger charge is -2.21.